The van der Waals surface area contributed by atoms with Crippen molar-refractivity contribution in [2.24, 2.45) is 11.8 Å². The standard InChI is InChI=1S/C25H27N7O/c1-17(2)32-16-27-29-24(32)22-4-3-5-23(28-22)31-13-12-30(25(31)33)21-10-6-18(7-11-21)14-20(15-26)19-8-9-19/h3-7,10-11,16-17,19-20H,8-9,12-14H2,1-2H3. The normalized spacial score (nSPS) is 17.0. The van der Waals surface area contributed by atoms with Crippen molar-refractivity contribution < 1.29 is 4.79 Å². The Bertz CT molecular complexity index is 1190. The molecule has 8 heteroatoms. The monoisotopic (exact) mass is 441 g/mol. The first-order valence-corrected chi connectivity index (χ1v) is 11.5. The van der Waals surface area contributed by atoms with Crippen LogP contribution in [0, 0.1) is 23.2 Å². The lowest BCUT2D eigenvalue weighted by molar-refractivity contribution is 0.255. The average molecular weight is 442 g/mol. The molecule has 33 heavy (non-hydrogen) atoms. The van der Waals surface area contributed by atoms with E-state index in [1.165, 1.54) is 12.8 Å². The van der Waals surface area contributed by atoms with Crippen LogP contribution in [0.4, 0.5) is 16.3 Å². The fourth-order valence-electron chi connectivity index (χ4n) is 4.37. The molecule has 1 aliphatic heterocycles. The van der Waals surface area contributed by atoms with Gasteiger partial charge in [0.05, 0.1) is 12.0 Å². The summed E-state index contributed by atoms with van der Waals surface area (Å²) in [6.07, 6.45) is 4.81. The molecule has 1 aromatic carbocycles. The molecule has 5 rings (SSSR count). The summed E-state index contributed by atoms with van der Waals surface area (Å²) in [4.78, 5) is 21.4. The molecule has 0 bridgehead atoms. The number of carbonyl (C=O) groups excluding carboxylic acids is 1. The number of hydrogen-bond acceptors (Lipinski definition) is 5. The Labute approximate surface area is 193 Å². The van der Waals surface area contributed by atoms with Gasteiger partial charge in [0.2, 0.25) is 0 Å². The van der Waals surface area contributed by atoms with E-state index in [0.29, 0.717) is 36.3 Å². The Kier molecular flexibility index (Phi) is 5.55. The number of nitrogens with zero attached hydrogens (tertiary/aromatic N) is 7. The number of amides is 2. The van der Waals surface area contributed by atoms with Gasteiger partial charge in [0.25, 0.3) is 0 Å². The minimum Gasteiger partial charge on any atom is -0.310 e. The molecule has 2 aliphatic rings. The Morgan fingerprint density at radius 3 is 2.55 bits per heavy atom. The van der Waals surface area contributed by atoms with E-state index in [1.54, 1.807) is 16.1 Å². The molecule has 0 spiro atoms. The third-order valence-corrected chi connectivity index (χ3v) is 6.44. The lowest BCUT2D eigenvalue weighted by Gasteiger charge is -2.19. The second-order valence-electron chi connectivity index (χ2n) is 9.07. The van der Waals surface area contributed by atoms with Crippen molar-refractivity contribution in [2.45, 2.75) is 39.2 Å². The summed E-state index contributed by atoms with van der Waals surface area (Å²) in [5.74, 6) is 1.95. The summed E-state index contributed by atoms with van der Waals surface area (Å²) in [6, 6.07) is 16.2. The molecular formula is C25H27N7O. The van der Waals surface area contributed by atoms with Crippen molar-refractivity contribution in [3.8, 4) is 17.6 Å². The van der Waals surface area contributed by atoms with E-state index < -0.39 is 0 Å². The highest BCUT2D eigenvalue weighted by atomic mass is 16.2. The molecule has 2 aromatic heterocycles. The lowest BCUT2D eigenvalue weighted by Crippen LogP contribution is -2.32. The molecule has 1 aliphatic carbocycles. The van der Waals surface area contributed by atoms with Gasteiger partial charge >= 0.3 is 6.03 Å². The molecule has 2 amide bonds. The van der Waals surface area contributed by atoms with E-state index in [9.17, 15) is 10.1 Å². The molecule has 2 fully saturated rings. The summed E-state index contributed by atoms with van der Waals surface area (Å²) >= 11 is 0. The SMILES string of the molecule is CC(C)n1cnnc1-c1cccc(N2CCN(c3ccc(CC(C#N)C4CC4)cc3)C2=O)n1. The zero-order chi connectivity index (χ0) is 22.9. The minimum atomic E-state index is -0.0920. The first-order valence-electron chi connectivity index (χ1n) is 11.5. The number of benzene rings is 1. The van der Waals surface area contributed by atoms with Crippen LogP contribution in [0.2, 0.25) is 0 Å². The smallest absolute Gasteiger partial charge is 0.310 e. The Morgan fingerprint density at radius 1 is 1.09 bits per heavy atom. The molecule has 1 saturated carbocycles. The number of aromatic nitrogens is 4. The second-order valence-corrected chi connectivity index (χ2v) is 9.07. The quantitative estimate of drug-likeness (QED) is 0.540. The second kappa shape index (κ2) is 8.66. The van der Waals surface area contributed by atoms with Crippen LogP contribution in [-0.4, -0.2) is 38.9 Å². The maximum Gasteiger partial charge on any atom is 0.330 e. The van der Waals surface area contributed by atoms with E-state index >= 15 is 0 Å². The van der Waals surface area contributed by atoms with Crippen LogP contribution in [0.1, 0.15) is 38.3 Å². The van der Waals surface area contributed by atoms with Crippen molar-refractivity contribution in [3.63, 3.8) is 0 Å². The highest BCUT2D eigenvalue weighted by molar-refractivity contribution is 6.05. The number of rotatable bonds is 7. The lowest BCUT2D eigenvalue weighted by atomic mass is 9.96. The van der Waals surface area contributed by atoms with Crippen LogP contribution in [0.25, 0.3) is 11.5 Å². The zero-order valence-electron chi connectivity index (χ0n) is 18.9. The van der Waals surface area contributed by atoms with Crippen molar-refractivity contribution in [2.75, 3.05) is 22.9 Å². The zero-order valence-corrected chi connectivity index (χ0v) is 18.9. The van der Waals surface area contributed by atoms with Gasteiger partial charge in [-0.15, -0.1) is 10.2 Å². The predicted molar refractivity (Wildman–Crippen MR) is 126 cm³/mol. The van der Waals surface area contributed by atoms with Gasteiger partial charge in [-0.3, -0.25) is 9.80 Å². The Balaban J connectivity index is 1.31. The van der Waals surface area contributed by atoms with Gasteiger partial charge in [-0.2, -0.15) is 5.26 Å². The number of anilines is 2. The fraction of sp³-hybridized carbons (Fsp3) is 0.400. The summed E-state index contributed by atoms with van der Waals surface area (Å²) in [7, 11) is 0. The number of hydrogen-bond donors (Lipinski definition) is 0. The summed E-state index contributed by atoms with van der Waals surface area (Å²) < 4.78 is 1.96. The van der Waals surface area contributed by atoms with Crippen LogP contribution in [0.15, 0.2) is 48.8 Å². The number of carbonyl (C=O) groups is 1. The fourth-order valence-corrected chi connectivity index (χ4v) is 4.37. The van der Waals surface area contributed by atoms with Crippen molar-refractivity contribution in [1.82, 2.24) is 19.7 Å². The van der Waals surface area contributed by atoms with E-state index in [2.05, 4.69) is 30.1 Å². The van der Waals surface area contributed by atoms with Crippen LogP contribution >= 0.6 is 0 Å². The van der Waals surface area contributed by atoms with Crippen molar-refractivity contribution in [1.29, 1.82) is 5.26 Å². The van der Waals surface area contributed by atoms with E-state index in [-0.39, 0.29) is 18.0 Å². The van der Waals surface area contributed by atoms with E-state index in [1.807, 2.05) is 47.0 Å². The van der Waals surface area contributed by atoms with Crippen molar-refractivity contribution in [3.05, 3.63) is 54.4 Å². The highest BCUT2D eigenvalue weighted by Gasteiger charge is 2.33. The third-order valence-electron chi connectivity index (χ3n) is 6.44. The van der Waals surface area contributed by atoms with Gasteiger partial charge in [0.15, 0.2) is 5.82 Å². The van der Waals surface area contributed by atoms with Crippen LogP contribution in [0.3, 0.4) is 0 Å². The maximum absolute atomic E-state index is 13.2. The molecule has 3 aromatic rings. The molecule has 1 saturated heterocycles. The van der Waals surface area contributed by atoms with Gasteiger partial charge in [-0.05, 0) is 68.9 Å². The van der Waals surface area contributed by atoms with Gasteiger partial charge in [-0.25, -0.2) is 9.78 Å². The molecule has 8 nitrogen and oxygen atoms in total. The minimum absolute atomic E-state index is 0.0920. The average Bonchev–Trinajstić information content (AvgIpc) is 3.41. The van der Waals surface area contributed by atoms with E-state index in [0.717, 1.165) is 17.7 Å². The first kappa shape index (κ1) is 21.1. The summed E-state index contributed by atoms with van der Waals surface area (Å²) in [6.45, 7) is 5.29. The molecule has 0 radical (unpaired) electrons. The topological polar surface area (TPSA) is 90.9 Å². The van der Waals surface area contributed by atoms with Gasteiger partial charge in [0, 0.05) is 24.8 Å². The van der Waals surface area contributed by atoms with Crippen LogP contribution in [-0.2, 0) is 6.42 Å². The molecule has 0 N–H and O–H groups in total. The van der Waals surface area contributed by atoms with Crippen LogP contribution in [0.5, 0.6) is 0 Å². The van der Waals surface area contributed by atoms with E-state index in [4.69, 9.17) is 4.98 Å². The Morgan fingerprint density at radius 2 is 1.85 bits per heavy atom. The predicted octanol–water partition coefficient (Wildman–Crippen LogP) is 4.46. The van der Waals surface area contributed by atoms with Crippen molar-refractivity contribution >= 4 is 17.5 Å². The summed E-state index contributed by atoms with van der Waals surface area (Å²) in [5, 5.41) is 17.6. The Hall–Kier alpha value is -3.73. The molecular weight excluding hydrogens is 414 g/mol. The first-order chi connectivity index (χ1) is 16.0. The van der Waals surface area contributed by atoms with Gasteiger partial charge < -0.3 is 4.57 Å². The number of nitriles is 1. The van der Waals surface area contributed by atoms with Gasteiger partial charge in [0.1, 0.15) is 17.8 Å². The largest absolute Gasteiger partial charge is 0.330 e. The molecule has 3 heterocycles. The highest BCUT2D eigenvalue weighted by Crippen LogP contribution is 2.38. The third kappa shape index (κ3) is 4.19. The summed E-state index contributed by atoms with van der Waals surface area (Å²) in [5.41, 5.74) is 2.70. The number of pyridine rings is 1. The number of urea groups is 1. The molecule has 168 valence electrons. The maximum atomic E-state index is 13.2. The molecule has 1 atom stereocenters. The van der Waals surface area contributed by atoms with Crippen LogP contribution < -0.4 is 9.80 Å². The van der Waals surface area contributed by atoms with Gasteiger partial charge in [-0.1, -0.05) is 18.2 Å². The molecule has 1 unspecified atom stereocenters.